The van der Waals surface area contributed by atoms with Gasteiger partial charge in [-0.15, -0.1) is 0 Å². The molecule has 2 unspecified atom stereocenters. The zero-order chi connectivity index (χ0) is 22.6. The van der Waals surface area contributed by atoms with Crippen molar-refractivity contribution in [2.24, 2.45) is 23.7 Å². The second-order valence-electron chi connectivity index (χ2n) is 7.45. The van der Waals surface area contributed by atoms with E-state index < -0.39 is 41.7 Å². The van der Waals surface area contributed by atoms with E-state index in [1.54, 1.807) is 12.1 Å². The predicted octanol–water partition coefficient (Wildman–Crippen LogP) is 6.06. The summed E-state index contributed by atoms with van der Waals surface area (Å²) in [7, 11) is 0. The number of hydrogen-bond acceptors (Lipinski definition) is 2. The fraction of sp³-hybridized carbons (Fsp3) is 0.429. The van der Waals surface area contributed by atoms with Gasteiger partial charge in [0.2, 0.25) is 5.91 Å². The third-order valence-electron chi connectivity index (χ3n) is 5.16. The molecule has 0 fully saturated rings. The second-order valence-corrected chi connectivity index (χ2v) is 8.29. The number of carboxylic acids is 1. The summed E-state index contributed by atoms with van der Waals surface area (Å²) in [4.78, 5) is 24.0. The molecule has 1 aromatic rings. The number of carbonyl (C=O) groups is 2. The number of amides is 1. The third-order valence-corrected chi connectivity index (χ3v) is 5.77. The first-order chi connectivity index (χ1) is 13.9. The predicted molar refractivity (Wildman–Crippen MR) is 110 cm³/mol. The van der Waals surface area contributed by atoms with E-state index in [0.29, 0.717) is 10.6 Å². The van der Waals surface area contributed by atoms with E-state index in [1.165, 1.54) is 31.2 Å². The Balaban J connectivity index is 2.28. The SMILES string of the molecule is CC(Cc1ccc(Cl)c(NC(=O)[C@H](C2C=CC(Cl)=CC2)[C@@H](C)C(F)(F)F)c1)C(=O)O. The fourth-order valence-electron chi connectivity index (χ4n) is 3.33. The van der Waals surface area contributed by atoms with Crippen LogP contribution >= 0.6 is 23.2 Å². The maximum absolute atomic E-state index is 13.5. The molecular formula is C21H22Cl2F3NO3. The molecule has 1 aliphatic carbocycles. The zero-order valence-corrected chi connectivity index (χ0v) is 17.9. The smallest absolute Gasteiger partial charge is 0.392 e. The van der Waals surface area contributed by atoms with Gasteiger partial charge in [-0.3, -0.25) is 9.59 Å². The average Bonchev–Trinajstić information content (AvgIpc) is 2.65. The molecule has 164 valence electrons. The lowest BCUT2D eigenvalue weighted by Gasteiger charge is -2.31. The van der Waals surface area contributed by atoms with Crippen molar-refractivity contribution in [1.82, 2.24) is 0 Å². The Hall–Kier alpha value is -1.99. The summed E-state index contributed by atoms with van der Waals surface area (Å²) in [6.45, 7) is 2.51. The molecule has 1 aromatic carbocycles. The second kappa shape index (κ2) is 9.88. The normalized spacial score (nSPS) is 19.6. The minimum absolute atomic E-state index is 0.143. The highest BCUT2D eigenvalue weighted by Crippen LogP contribution is 2.40. The number of rotatable bonds is 7. The van der Waals surface area contributed by atoms with Crippen molar-refractivity contribution in [3.8, 4) is 0 Å². The van der Waals surface area contributed by atoms with Gasteiger partial charge in [0.1, 0.15) is 0 Å². The molecule has 0 spiro atoms. The highest BCUT2D eigenvalue weighted by molar-refractivity contribution is 6.33. The number of allylic oxidation sites excluding steroid dienone is 4. The maximum atomic E-state index is 13.5. The Labute approximate surface area is 182 Å². The Morgan fingerprint density at radius 2 is 1.93 bits per heavy atom. The van der Waals surface area contributed by atoms with Crippen molar-refractivity contribution in [3.05, 3.63) is 52.0 Å². The van der Waals surface area contributed by atoms with Gasteiger partial charge in [0.05, 0.1) is 28.5 Å². The number of benzene rings is 1. The van der Waals surface area contributed by atoms with Crippen LogP contribution in [0.3, 0.4) is 0 Å². The van der Waals surface area contributed by atoms with Crippen LogP contribution in [0, 0.1) is 23.7 Å². The largest absolute Gasteiger partial charge is 0.481 e. The molecule has 2 rings (SSSR count). The quantitative estimate of drug-likeness (QED) is 0.516. The number of hydrogen-bond donors (Lipinski definition) is 2. The molecule has 0 heterocycles. The molecule has 0 bridgehead atoms. The number of alkyl halides is 3. The van der Waals surface area contributed by atoms with E-state index in [9.17, 15) is 22.8 Å². The van der Waals surface area contributed by atoms with Crippen LogP contribution in [0.5, 0.6) is 0 Å². The molecule has 0 radical (unpaired) electrons. The first kappa shape index (κ1) is 24.3. The molecule has 4 atom stereocenters. The van der Waals surface area contributed by atoms with Gasteiger partial charge in [-0.2, -0.15) is 13.2 Å². The monoisotopic (exact) mass is 463 g/mol. The molecule has 1 amide bonds. The minimum Gasteiger partial charge on any atom is -0.481 e. The molecule has 0 aliphatic heterocycles. The lowest BCUT2D eigenvalue weighted by Crippen LogP contribution is -2.40. The number of carboxylic acid groups (broad SMARTS) is 1. The Morgan fingerprint density at radius 1 is 1.27 bits per heavy atom. The molecular weight excluding hydrogens is 442 g/mol. The van der Waals surface area contributed by atoms with Crippen LogP contribution in [0.4, 0.5) is 18.9 Å². The van der Waals surface area contributed by atoms with E-state index >= 15 is 0 Å². The Morgan fingerprint density at radius 3 is 2.47 bits per heavy atom. The fourth-order valence-corrected chi connectivity index (χ4v) is 3.65. The molecule has 2 N–H and O–H groups in total. The third kappa shape index (κ3) is 6.25. The van der Waals surface area contributed by atoms with Gasteiger partial charge in [-0.1, -0.05) is 55.3 Å². The Bertz CT molecular complexity index is 868. The van der Waals surface area contributed by atoms with Crippen LogP contribution in [-0.4, -0.2) is 23.2 Å². The molecule has 4 nitrogen and oxygen atoms in total. The van der Waals surface area contributed by atoms with Crippen molar-refractivity contribution in [2.45, 2.75) is 32.9 Å². The van der Waals surface area contributed by atoms with Gasteiger partial charge in [0.25, 0.3) is 0 Å². The van der Waals surface area contributed by atoms with Gasteiger partial charge < -0.3 is 10.4 Å². The maximum Gasteiger partial charge on any atom is 0.392 e. The summed E-state index contributed by atoms with van der Waals surface area (Å²) < 4.78 is 40.4. The van der Waals surface area contributed by atoms with Crippen LogP contribution in [0.1, 0.15) is 25.8 Å². The highest BCUT2D eigenvalue weighted by Gasteiger charge is 2.46. The van der Waals surface area contributed by atoms with Gasteiger partial charge in [-0.25, -0.2) is 0 Å². The van der Waals surface area contributed by atoms with E-state index in [1.807, 2.05) is 0 Å². The summed E-state index contributed by atoms with van der Waals surface area (Å²) in [6, 6.07) is 4.58. The average molecular weight is 464 g/mol. The topological polar surface area (TPSA) is 66.4 Å². The summed E-state index contributed by atoms with van der Waals surface area (Å²) >= 11 is 12.0. The molecule has 0 saturated carbocycles. The van der Waals surface area contributed by atoms with Crippen LogP contribution in [-0.2, 0) is 16.0 Å². The van der Waals surface area contributed by atoms with Crippen molar-refractivity contribution in [2.75, 3.05) is 5.32 Å². The van der Waals surface area contributed by atoms with Gasteiger partial charge >= 0.3 is 12.1 Å². The van der Waals surface area contributed by atoms with Gasteiger partial charge in [0.15, 0.2) is 0 Å². The van der Waals surface area contributed by atoms with Gasteiger partial charge in [-0.05, 0) is 42.5 Å². The molecule has 30 heavy (non-hydrogen) atoms. The summed E-state index contributed by atoms with van der Waals surface area (Å²) in [6.07, 6.45) is 0.408. The van der Waals surface area contributed by atoms with Crippen molar-refractivity contribution in [3.63, 3.8) is 0 Å². The Kier molecular flexibility index (Phi) is 7.99. The first-order valence-electron chi connectivity index (χ1n) is 9.32. The molecule has 0 saturated heterocycles. The van der Waals surface area contributed by atoms with Crippen molar-refractivity contribution in [1.29, 1.82) is 0 Å². The van der Waals surface area contributed by atoms with Crippen LogP contribution < -0.4 is 5.32 Å². The standard InChI is InChI=1S/C21H22Cl2F3NO3/c1-11(20(29)30)9-13-3-8-16(23)17(10-13)27-19(28)18(12(2)21(24,25)26)14-4-6-15(22)7-5-14/h3-4,6-8,10-12,14,18H,5,9H2,1-2H3,(H,27,28)(H,29,30)/t11?,12-,14?,18+/m1/s1. The van der Waals surface area contributed by atoms with E-state index in [4.69, 9.17) is 28.3 Å². The lowest BCUT2D eigenvalue weighted by molar-refractivity contribution is -0.188. The lowest BCUT2D eigenvalue weighted by atomic mass is 9.78. The van der Waals surface area contributed by atoms with Crippen LogP contribution in [0.15, 0.2) is 41.5 Å². The van der Waals surface area contributed by atoms with E-state index in [2.05, 4.69) is 5.32 Å². The molecule has 1 aliphatic rings. The summed E-state index contributed by atoms with van der Waals surface area (Å²) in [5.74, 6) is -6.43. The summed E-state index contributed by atoms with van der Waals surface area (Å²) in [5, 5.41) is 12.1. The van der Waals surface area contributed by atoms with E-state index in [0.717, 1.165) is 6.92 Å². The minimum atomic E-state index is -4.57. The number of halogens is 5. The van der Waals surface area contributed by atoms with Crippen molar-refractivity contribution >= 4 is 40.8 Å². The highest BCUT2D eigenvalue weighted by atomic mass is 35.5. The first-order valence-corrected chi connectivity index (χ1v) is 10.1. The molecule has 9 heteroatoms. The number of carbonyl (C=O) groups excluding carboxylic acids is 1. The zero-order valence-electron chi connectivity index (χ0n) is 16.3. The van der Waals surface area contributed by atoms with Crippen LogP contribution in [0.2, 0.25) is 5.02 Å². The molecule has 0 aromatic heterocycles. The number of nitrogens with one attached hydrogen (secondary N) is 1. The summed E-state index contributed by atoms with van der Waals surface area (Å²) in [5.41, 5.74) is 0.738. The van der Waals surface area contributed by atoms with Crippen LogP contribution in [0.25, 0.3) is 0 Å². The van der Waals surface area contributed by atoms with Crippen molar-refractivity contribution < 1.29 is 27.9 Å². The number of anilines is 1. The number of aliphatic carboxylic acids is 1. The van der Waals surface area contributed by atoms with Gasteiger partial charge in [0, 0.05) is 5.03 Å². The van der Waals surface area contributed by atoms with E-state index in [-0.39, 0.29) is 23.6 Å².